The van der Waals surface area contributed by atoms with E-state index in [2.05, 4.69) is 4.98 Å². The Bertz CT molecular complexity index is 688. The molecule has 0 saturated carbocycles. The van der Waals surface area contributed by atoms with Gasteiger partial charge in [-0.05, 0) is 31.9 Å². The van der Waals surface area contributed by atoms with Crippen LogP contribution in [0.25, 0.3) is 0 Å². The van der Waals surface area contributed by atoms with Gasteiger partial charge in [-0.2, -0.15) is 0 Å². The zero-order valence-corrected chi connectivity index (χ0v) is 13.3. The summed E-state index contributed by atoms with van der Waals surface area (Å²) in [5.41, 5.74) is -0.844. The number of carbonyl (C=O) groups excluding carboxylic acids is 1. The van der Waals surface area contributed by atoms with Crippen molar-refractivity contribution >= 4 is 6.09 Å². The number of ether oxygens (including phenoxy) is 1. The molecule has 0 bridgehead atoms. The maximum absolute atomic E-state index is 12.3. The smallest absolute Gasteiger partial charge is 0.413 e. The lowest BCUT2D eigenvalue weighted by Crippen LogP contribution is -2.53. The molecule has 5 nitrogen and oxygen atoms in total. The van der Waals surface area contributed by atoms with Gasteiger partial charge in [0.25, 0.3) is 0 Å². The minimum atomic E-state index is -1.46. The number of pyridine rings is 1. The lowest BCUT2D eigenvalue weighted by Gasteiger charge is -2.37. The minimum absolute atomic E-state index is 0.381. The number of carbonyl (C=O) groups is 1. The second-order valence-electron chi connectivity index (χ2n) is 6.05. The molecule has 0 aliphatic carbocycles. The highest BCUT2D eigenvalue weighted by atomic mass is 16.6. The monoisotopic (exact) mass is 312 g/mol. The van der Waals surface area contributed by atoms with Crippen molar-refractivity contribution in [2.75, 3.05) is 6.54 Å². The van der Waals surface area contributed by atoms with Crippen molar-refractivity contribution in [3.63, 3.8) is 0 Å². The van der Waals surface area contributed by atoms with Crippen molar-refractivity contribution in [2.45, 2.75) is 31.6 Å². The summed E-state index contributed by atoms with van der Waals surface area (Å²) in [5, 5.41) is 11.0. The average molecular weight is 312 g/mol. The molecule has 3 rings (SSSR count). The fourth-order valence-corrected chi connectivity index (χ4v) is 2.93. The van der Waals surface area contributed by atoms with Crippen molar-refractivity contribution in [3.05, 3.63) is 66.0 Å². The zero-order chi connectivity index (χ0) is 16.5. The Morgan fingerprint density at radius 3 is 2.57 bits per heavy atom. The molecule has 0 unspecified atom stereocenters. The molecule has 1 aromatic carbocycles. The minimum Gasteiger partial charge on any atom is -0.433 e. The molecule has 0 spiro atoms. The number of amides is 1. The molecule has 0 radical (unpaired) electrons. The Balaban J connectivity index is 1.84. The van der Waals surface area contributed by atoms with Crippen LogP contribution in [0.4, 0.5) is 4.79 Å². The average Bonchev–Trinajstić information content (AvgIpc) is 2.73. The Hall–Kier alpha value is -2.40. The van der Waals surface area contributed by atoms with Crippen molar-refractivity contribution in [3.8, 4) is 0 Å². The van der Waals surface area contributed by atoms with E-state index in [-0.39, 0.29) is 0 Å². The highest BCUT2D eigenvalue weighted by molar-refractivity contribution is 5.72. The van der Waals surface area contributed by atoms with Gasteiger partial charge in [0.1, 0.15) is 0 Å². The molecule has 1 saturated heterocycles. The standard InChI is InChI=1S/C18H20N2O3/c1-17(15-9-6-11-19-13-15)18(2,22)20(16(21)23-17)12-10-14-7-4-3-5-8-14/h3-9,11,13,22H,10,12H2,1-2H3/t17-,18-/m0/s1. The van der Waals surface area contributed by atoms with Crippen LogP contribution in [0, 0.1) is 0 Å². The van der Waals surface area contributed by atoms with Gasteiger partial charge in [-0.1, -0.05) is 36.4 Å². The first kappa shape index (κ1) is 15.5. The molecule has 1 aliphatic rings. The summed E-state index contributed by atoms with van der Waals surface area (Å²) in [6.07, 6.45) is 3.39. The van der Waals surface area contributed by atoms with Crippen LogP contribution < -0.4 is 0 Å². The molecule has 5 heteroatoms. The summed E-state index contributed by atoms with van der Waals surface area (Å²) in [4.78, 5) is 17.8. The third kappa shape index (κ3) is 2.57. The first-order valence-electron chi connectivity index (χ1n) is 7.62. The van der Waals surface area contributed by atoms with E-state index in [0.717, 1.165) is 5.56 Å². The fourth-order valence-electron chi connectivity index (χ4n) is 2.93. The third-order valence-electron chi connectivity index (χ3n) is 4.62. The molecule has 120 valence electrons. The normalized spacial score (nSPS) is 27.1. The van der Waals surface area contributed by atoms with Crippen molar-refractivity contribution in [2.24, 2.45) is 0 Å². The first-order valence-corrected chi connectivity index (χ1v) is 7.62. The van der Waals surface area contributed by atoms with Crippen LogP contribution in [-0.2, 0) is 16.8 Å². The summed E-state index contributed by atoms with van der Waals surface area (Å²) in [6.45, 7) is 3.70. The van der Waals surface area contributed by atoms with Gasteiger partial charge in [0.15, 0.2) is 11.3 Å². The van der Waals surface area contributed by atoms with Gasteiger partial charge in [0, 0.05) is 24.5 Å². The van der Waals surface area contributed by atoms with Gasteiger partial charge in [-0.25, -0.2) is 4.79 Å². The number of hydrogen-bond donors (Lipinski definition) is 1. The topological polar surface area (TPSA) is 62.7 Å². The molecule has 2 atom stereocenters. The second-order valence-corrected chi connectivity index (χ2v) is 6.05. The second kappa shape index (κ2) is 5.66. The molecule has 1 aliphatic heterocycles. The van der Waals surface area contributed by atoms with Gasteiger partial charge in [-0.15, -0.1) is 0 Å². The number of nitrogens with zero attached hydrogens (tertiary/aromatic N) is 2. The maximum Gasteiger partial charge on any atom is 0.413 e. The summed E-state index contributed by atoms with van der Waals surface area (Å²) in [7, 11) is 0. The summed E-state index contributed by atoms with van der Waals surface area (Å²) in [5.74, 6) is 0. The van der Waals surface area contributed by atoms with Crippen LogP contribution in [-0.4, -0.2) is 33.4 Å². The molecule has 2 aromatic rings. The van der Waals surface area contributed by atoms with E-state index in [4.69, 9.17) is 4.74 Å². The van der Waals surface area contributed by atoms with Gasteiger partial charge in [-0.3, -0.25) is 9.88 Å². The summed E-state index contributed by atoms with van der Waals surface area (Å²) < 4.78 is 5.55. The van der Waals surface area contributed by atoms with Gasteiger partial charge in [0.05, 0.1) is 0 Å². The molecule has 1 aromatic heterocycles. The van der Waals surface area contributed by atoms with Crippen molar-refractivity contribution in [1.82, 2.24) is 9.88 Å². The van der Waals surface area contributed by atoms with Crippen molar-refractivity contribution in [1.29, 1.82) is 0 Å². The van der Waals surface area contributed by atoms with E-state index in [1.54, 1.807) is 38.4 Å². The largest absolute Gasteiger partial charge is 0.433 e. The zero-order valence-electron chi connectivity index (χ0n) is 13.3. The van der Waals surface area contributed by atoms with Crippen LogP contribution in [0.5, 0.6) is 0 Å². The summed E-state index contributed by atoms with van der Waals surface area (Å²) >= 11 is 0. The van der Waals surface area contributed by atoms with E-state index in [1.165, 1.54) is 4.90 Å². The first-order chi connectivity index (χ1) is 10.9. The van der Waals surface area contributed by atoms with E-state index < -0.39 is 17.4 Å². The van der Waals surface area contributed by atoms with Gasteiger partial charge < -0.3 is 9.84 Å². The molecule has 2 heterocycles. The Morgan fingerprint density at radius 2 is 1.91 bits per heavy atom. The fraction of sp³-hybridized carbons (Fsp3) is 0.333. The highest BCUT2D eigenvalue weighted by Crippen LogP contribution is 2.44. The van der Waals surface area contributed by atoms with E-state index in [0.29, 0.717) is 18.5 Å². The van der Waals surface area contributed by atoms with E-state index in [9.17, 15) is 9.90 Å². The molecular weight excluding hydrogens is 292 g/mol. The molecule has 1 N–H and O–H groups in total. The Labute approximate surface area is 135 Å². The van der Waals surface area contributed by atoms with Crippen LogP contribution >= 0.6 is 0 Å². The number of aliphatic hydroxyl groups is 1. The van der Waals surface area contributed by atoms with Crippen molar-refractivity contribution < 1.29 is 14.6 Å². The number of rotatable bonds is 4. The SMILES string of the molecule is C[C@@]1(c2cccnc2)OC(=O)N(CCc2ccccc2)[C@@]1(C)O. The van der Waals surface area contributed by atoms with Crippen LogP contribution in [0.2, 0.25) is 0 Å². The molecule has 1 amide bonds. The van der Waals surface area contributed by atoms with Crippen LogP contribution in [0.1, 0.15) is 25.0 Å². The van der Waals surface area contributed by atoms with E-state index >= 15 is 0 Å². The number of benzene rings is 1. The molecular formula is C18H20N2O3. The molecule has 1 fully saturated rings. The predicted molar refractivity (Wildman–Crippen MR) is 85.5 cm³/mol. The number of cyclic esters (lactones) is 1. The Morgan fingerprint density at radius 1 is 1.17 bits per heavy atom. The lowest BCUT2D eigenvalue weighted by molar-refractivity contribution is -0.140. The number of hydrogen-bond acceptors (Lipinski definition) is 4. The maximum atomic E-state index is 12.3. The van der Waals surface area contributed by atoms with Crippen LogP contribution in [0.15, 0.2) is 54.9 Å². The van der Waals surface area contributed by atoms with Gasteiger partial charge in [0.2, 0.25) is 0 Å². The Kier molecular flexibility index (Phi) is 3.82. The third-order valence-corrected chi connectivity index (χ3v) is 4.62. The number of aromatic nitrogens is 1. The van der Waals surface area contributed by atoms with Crippen LogP contribution in [0.3, 0.4) is 0 Å². The predicted octanol–water partition coefficient (Wildman–Crippen LogP) is 2.70. The van der Waals surface area contributed by atoms with Gasteiger partial charge >= 0.3 is 6.09 Å². The van der Waals surface area contributed by atoms with E-state index in [1.807, 2.05) is 30.3 Å². The lowest BCUT2D eigenvalue weighted by atomic mass is 9.86. The molecule has 23 heavy (non-hydrogen) atoms. The quantitative estimate of drug-likeness (QED) is 0.943. The summed E-state index contributed by atoms with van der Waals surface area (Å²) in [6, 6.07) is 13.4. The highest BCUT2D eigenvalue weighted by Gasteiger charge is 2.60.